The largest absolute Gasteiger partial charge is 0.496 e. The SMILES string of the molecule is COC(=O)[C@@H](CCSC)NC(=O)c1csc2nc(-c3ccccc3OC)cn12. The normalized spacial score (nSPS) is 12.0. The zero-order valence-corrected chi connectivity index (χ0v) is 17.4. The Kier molecular flexibility index (Phi) is 6.58. The lowest BCUT2D eigenvalue weighted by Gasteiger charge is -2.15. The first kappa shape index (κ1) is 20.2. The van der Waals surface area contributed by atoms with Crippen LogP contribution in [0.4, 0.5) is 0 Å². The Hall–Kier alpha value is -2.52. The van der Waals surface area contributed by atoms with Crippen LogP contribution in [0.3, 0.4) is 0 Å². The summed E-state index contributed by atoms with van der Waals surface area (Å²) in [5, 5.41) is 4.50. The van der Waals surface area contributed by atoms with E-state index in [-0.39, 0.29) is 5.91 Å². The van der Waals surface area contributed by atoms with Gasteiger partial charge in [-0.15, -0.1) is 11.3 Å². The van der Waals surface area contributed by atoms with E-state index in [1.165, 1.54) is 18.4 Å². The van der Waals surface area contributed by atoms with Gasteiger partial charge in [-0.1, -0.05) is 12.1 Å². The van der Waals surface area contributed by atoms with Crippen LogP contribution >= 0.6 is 23.1 Å². The summed E-state index contributed by atoms with van der Waals surface area (Å²) in [6.45, 7) is 0. The third-order valence-electron chi connectivity index (χ3n) is 4.23. The zero-order chi connectivity index (χ0) is 20.1. The van der Waals surface area contributed by atoms with Crippen LogP contribution in [0.2, 0.25) is 0 Å². The number of carbonyl (C=O) groups excluding carboxylic acids is 2. The quantitative estimate of drug-likeness (QED) is 0.565. The molecule has 0 bridgehead atoms. The molecule has 0 aliphatic heterocycles. The minimum atomic E-state index is -0.683. The standard InChI is InChI=1S/C19H21N3O4S2/c1-25-16-7-5-4-6-12(16)14-10-22-15(11-28-19(22)21-14)17(23)20-13(8-9-27-3)18(24)26-2/h4-7,10-11,13H,8-9H2,1-3H3,(H,20,23)/t13-/m1/s1. The molecule has 7 nitrogen and oxygen atoms in total. The third-order valence-corrected chi connectivity index (χ3v) is 5.71. The molecule has 0 radical (unpaired) electrons. The van der Waals surface area contributed by atoms with Crippen LogP contribution in [-0.2, 0) is 9.53 Å². The number of amides is 1. The molecule has 0 unspecified atom stereocenters. The monoisotopic (exact) mass is 419 g/mol. The summed E-state index contributed by atoms with van der Waals surface area (Å²) in [6.07, 6.45) is 4.25. The van der Waals surface area contributed by atoms with Crippen molar-refractivity contribution in [2.45, 2.75) is 12.5 Å². The lowest BCUT2D eigenvalue weighted by Crippen LogP contribution is -2.42. The number of rotatable bonds is 8. The number of thioether (sulfide) groups is 1. The van der Waals surface area contributed by atoms with Crippen LogP contribution in [-0.4, -0.2) is 53.5 Å². The summed E-state index contributed by atoms with van der Waals surface area (Å²) in [7, 11) is 2.93. The van der Waals surface area contributed by atoms with Crippen molar-refractivity contribution in [3.63, 3.8) is 0 Å². The van der Waals surface area contributed by atoms with Crippen molar-refractivity contribution in [3.8, 4) is 17.0 Å². The van der Waals surface area contributed by atoms with Gasteiger partial charge in [-0.2, -0.15) is 11.8 Å². The number of fused-ring (bicyclic) bond motifs is 1. The van der Waals surface area contributed by atoms with E-state index >= 15 is 0 Å². The zero-order valence-electron chi connectivity index (χ0n) is 15.8. The Morgan fingerprint density at radius 1 is 1.32 bits per heavy atom. The molecule has 148 valence electrons. The molecule has 1 atom stereocenters. The highest BCUT2D eigenvalue weighted by Crippen LogP contribution is 2.30. The molecule has 0 aliphatic carbocycles. The van der Waals surface area contributed by atoms with Crippen LogP contribution < -0.4 is 10.1 Å². The van der Waals surface area contributed by atoms with Crippen molar-refractivity contribution in [3.05, 3.63) is 41.5 Å². The highest BCUT2D eigenvalue weighted by Gasteiger charge is 2.24. The number of thiazole rings is 1. The summed E-state index contributed by atoms with van der Waals surface area (Å²) < 4.78 is 11.9. The predicted molar refractivity (Wildman–Crippen MR) is 111 cm³/mol. The molecule has 2 heterocycles. The maximum atomic E-state index is 12.8. The van der Waals surface area contributed by atoms with Crippen LogP contribution in [0.5, 0.6) is 5.75 Å². The molecule has 0 aliphatic rings. The number of nitrogens with one attached hydrogen (secondary N) is 1. The van der Waals surface area contributed by atoms with Crippen LogP contribution in [0.25, 0.3) is 16.2 Å². The first-order valence-electron chi connectivity index (χ1n) is 8.56. The minimum absolute atomic E-state index is 0.341. The van der Waals surface area contributed by atoms with Crippen molar-refractivity contribution in [2.75, 3.05) is 26.2 Å². The van der Waals surface area contributed by atoms with E-state index in [1.54, 1.807) is 34.8 Å². The Morgan fingerprint density at radius 2 is 2.11 bits per heavy atom. The average Bonchev–Trinajstić information content (AvgIpc) is 3.31. The molecule has 1 amide bonds. The van der Waals surface area contributed by atoms with Gasteiger partial charge in [0.05, 0.1) is 19.9 Å². The number of nitrogens with zero attached hydrogens (tertiary/aromatic N) is 2. The molecule has 3 rings (SSSR count). The van der Waals surface area contributed by atoms with Crippen LogP contribution in [0, 0.1) is 0 Å². The van der Waals surface area contributed by atoms with Crippen molar-refractivity contribution in [2.24, 2.45) is 0 Å². The topological polar surface area (TPSA) is 81.9 Å². The second-order valence-corrected chi connectivity index (χ2v) is 7.75. The van der Waals surface area contributed by atoms with Gasteiger partial charge in [0.25, 0.3) is 5.91 Å². The molecular formula is C19H21N3O4S2. The molecule has 28 heavy (non-hydrogen) atoms. The molecule has 1 aromatic carbocycles. The van der Waals surface area contributed by atoms with Gasteiger partial charge in [0.1, 0.15) is 17.5 Å². The summed E-state index contributed by atoms with van der Waals surface area (Å²) in [5.74, 6) is 0.658. The maximum absolute atomic E-state index is 12.8. The molecule has 0 saturated heterocycles. The Balaban J connectivity index is 1.88. The Bertz CT molecular complexity index is 983. The Labute approximate surface area is 171 Å². The number of esters is 1. The summed E-state index contributed by atoms with van der Waals surface area (Å²) in [5.41, 5.74) is 1.98. The molecule has 9 heteroatoms. The Morgan fingerprint density at radius 3 is 2.82 bits per heavy atom. The number of carbonyl (C=O) groups is 2. The van der Waals surface area contributed by atoms with Crippen molar-refractivity contribution in [1.29, 1.82) is 0 Å². The van der Waals surface area contributed by atoms with E-state index in [2.05, 4.69) is 10.3 Å². The van der Waals surface area contributed by atoms with Gasteiger partial charge in [-0.25, -0.2) is 9.78 Å². The highest BCUT2D eigenvalue weighted by molar-refractivity contribution is 7.98. The first-order valence-corrected chi connectivity index (χ1v) is 10.8. The number of aromatic nitrogens is 2. The van der Waals surface area contributed by atoms with E-state index in [1.807, 2.05) is 30.5 Å². The molecule has 3 aromatic rings. The summed E-state index contributed by atoms with van der Waals surface area (Å²) in [6, 6.07) is 6.90. The number of hydrogen-bond donors (Lipinski definition) is 1. The average molecular weight is 420 g/mol. The van der Waals surface area contributed by atoms with Crippen LogP contribution in [0.15, 0.2) is 35.8 Å². The number of benzene rings is 1. The van der Waals surface area contributed by atoms with Crippen molar-refractivity contribution in [1.82, 2.24) is 14.7 Å². The van der Waals surface area contributed by atoms with Gasteiger partial charge in [-0.3, -0.25) is 9.20 Å². The smallest absolute Gasteiger partial charge is 0.328 e. The minimum Gasteiger partial charge on any atom is -0.496 e. The molecule has 0 saturated carbocycles. The van der Waals surface area contributed by atoms with Crippen LogP contribution in [0.1, 0.15) is 16.9 Å². The fraction of sp³-hybridized carbons (Fsp3) is 0.316. The second kappa shape index (κ2) is 9.11. The molecular weight excluding hydrogens is 398 g/mol. The van der Waals surface area contributed by atoms with Gasteiger partial charge in [0.2, 0.25) is 0 Å². The molecule has 0 spiro atoms. The van der Waals surface area contributed by atoms with Gasteiger partial charge in [0, 0.05) is 17.1 Å². The van der Waals surface area contributed by atoms with E-state index in [0.29, 0.717) is 28.5 Å². The van der Waals surface area contributed by atoms with Gasteiger partial charge in [0.15, 0.2) is 4.96 Å². The first-order chi connectivity index (χ1) is 13.6. The molecule has 1 N–H and O–H groups in total. The number of hydrogen-bond acceptors (Lipinski definition) is 7. The fourth-order valence-electron chi connectivity index (χ4n) is 2.79. The molecule has 0 fully saturated rings. The fourth-order valence-corrected chi connectivity index (χ4v) is 4.12. The van der Waals surface area contributed by atoms with E-state index in [4.69, 9.17) is 9.47 Å². The number of ether oxygens (including phenoxy) is 2. The lowest BCUT2D eigenvalue weighted by molar-refractivity contribution is -0.142. The third kappa shape index (κ3) is 4.15. The highest BCUT2D eigenvalue weighted by atomic mass is 32.2. The summed E-state index contributed by atoms with van der Waals surface area (Å²) >= 11 is 2.97. The van der Waals surface area contributed by atoms with Crippen molar-refractivity contribution < 1.29 is 19.1 Å². The van der Waals surface area contributed by atoms with Gasteiger partial charge >= 0.3 is 5.97 Å². The van der Waals surface area contributed by atoms with E-state index in [0.717, 1.165) is 11.3 Å². The lowest BCUT2D eigenvalue weighted by atomic mass is 10.1. The number of para-hydroxylation sites is 1. The number of imidazole rings is 1. The maximum Gasteiger partial charge on any atom is 0.328 e. The van der Waals surface area contributed by atoms with Gasteiger partial charge < -0.3 is 14.8 Å². The molecule has 2 aromatic heterocycles. The van der Waals surface area contributed by atoms with Gasteiger partial charge in [-0.05, 0) is 30.6 Å². The van der Waals surface area contributed by atoms with Crippen molar-refractivity contribution >= 4 is 39.9 Å². The van der Waals surface area contributed by atoms with E-state index in [9.17, 15) is 9.59 Å². The second-order valence-electron chi connectivity index (χ2n) is 5.93. The summed E-state index contributed by atoms with van der Waals surface area (Å²) in [4.78, 5) is 30.0. The number of methoxy groups -OCH3 is 2. The predicted octanol–water partition coefficient (Wildman–Crippen LogP) is 3.10. The van der Waals surface area contributed by atoms with E-state index < -0.39 is 12.0 Å².